The molecular weight excluding hydrogens is 901 g/mol. The van der Waals surface area contributed by atoms with Crippen molar-refractivity contribution >= 4 is 46.2 Å². The number of ether oxygens (including phenoxy) is 8. The average Bonchev–Trinajstić information content (AvgIpc) is 3.29. The zero-order valence-electron chi connectivity index (χ0n) is 38.6. The standard InChI is InChI=1S/2C22H33N3O6.H2O4S/c2*1-3-28-18(26)22(19(27)29-4-2)13-9-15-31-20(22)30-14-8-12-17(25-21(23)24)16-10-6-5-7-11-16;1-5(2,3)4/h2*5-7,10-11,17,20H,3-4,8-9,12-15H2,1-2H3,(H4,23,24,25);(H2,1,2,3,4). The van der Waals surface area contributed by atoms with E-state index in [0.29, 0.717) is 51.7 Å². The second-order valence-corrected chi connectivity index (χ2v) is 15.8. The molecule has 2 aromatic carbocycles. The summed E-state index contributed by atoms with van der Waals surface area (Å²) < 4.78 is 78.0. The molecule has 0 aliphatic carbocycles. The Morgan fingerprint density at radius 3 is 1.18 bits per heavy atom. The highest BCUT2D eigenvalue weighted by Crippen LogP contribution is 2.40. The molecule has 2 fully saturated rings. The quantitative estimate of drug-likeness (QED) is 0.0119. The molecule has 4 atom stereocenters. The van der Waals surface area contributed by atoms with Crippen molar-refractivity contribution in [1.29, 1.82) is 0 Å². The largest absolute Gasteiger partial charge is 0.759 e. The van der Waals surface area contributed by atoms with Crippen molar-refractivity contribution in [3.05, 3.63) is 71.8 Å². The monoisotopic (exact) mass is 968 g/mol. The third kappa shape index (κ3) is 19.0. The van der Waals surface area contributed by atoms with Crippen LogP contribution in [0.3, 0.4) is 0 Å². The van der Waals surface area contributed by atoms with Crippen molar-refractivity contribution in [2.75, 3.05) is 52.9 Å². The lowest BCUT2D eigenvalue weighted by Gasteiger charge is -2.38. The average molecular weight is 969 g/mol. The van der Waals surface area contributed by atoms with E-state index in [1.54, 1.807) is 27.7 Å². The minimum atomic E-state index is -5.17. The molecule has 4 rings (SSSR count). The van der Waals surface area contributed by atoms with Gasteiger partial charge in [-0.25, -0.2) is 0 Å². The van der Waals surface area contributed by atoms with Crippen LogP contribution in [0.25, 0.3) is 0 Å². The SMILES string of the molecule is CCOC(=O)C1(C(=O)OCC)CCCOC1OCCCC([NH+]=C(N)N)c1ccccc1.CCOC(=O)C1(C(=O)OCC)CCCOC1OCCCC([NH+]=C(N)N)c1ccccc1.O=S(=O)([O-])[O-]. The van der Waals surface area contributed by atoms with Crippen LogP contribution in [0.5, 0.6) is 0 Å². The van der Waals surface area contributed by atoms with Crippen LogP contribution in [0.2, 0.25) is 0 Å². The van der Waals surface area contributed by atoms with Gasteiger partial charge in [0.2, 0.25) is 10.8 Å². The fraction of sp³-hybridized carbons (Fsp3) is 0.591. The van der Waals surface area contributed by atoms with Gasteiger partial charge < -0.3 is 47.0 Å². The number of hydrogen-bond donors (Lipinski definition) is 6. The minimum Gasteiger partial charge on any atom is -0.759 e. The van der Waals surface area contributed by atoms with Gasteiger partial charge in [0.1, 0.15) is 12.1 Å². The van der Waals surface area contributed by atoms with Crippen molar-refractivity contribution in [2.24, 2.45) is 33.8 Å². The molecule has 0 saturated carbocycles. The lowest BCUT2D eigenvalue weighted by molar-refractivity contribution is -0.513. The normalized spacial score (nSPS) is 18.1. The molecule has 23 heteroatoms. The number of hydrogen-bond acceptors (Lipinski definition) is 16. The Hall–Kier alpha value is -5.43. The summed E-state index contributed by atoms with van der Waals surface area (Å²) >= 11 is 0. The summed E-state index contributed by atoms with van der Waals surface area (Å²) in [6.07, 6.45) is 2.00. The van der Waals surface area contributed by atoms with Crippen LogP contribution < -0.4 is 32.9 Å². The van der Waals surface area contributed by atoms with Crippen LogP contribution in [-0.2, 0) is 67.5 Å². The van der Waals surface area contributed by atoms with E-state index < -0.39 is 57.7 Å². The molecule has 22 nitrogen and oxygen atoms in total. The van der Waals surface area contributed by atoms with E-state index in [4.69, 9.17) is 78.4 Å². The number of carbonyl (C=O) groups is 4. The summed E-state index contributed by atoms with van der Waals surface area (Å²) in [4.78, 5) is 57.2. The Bertz CT molecular complexity index is 1800. The van der Waals surface area contributed by atoms with E-state index in [1.165, 1.54) is 0 Å². The van der Waals surface area contributed by atoms with Gasteiger partial charge in [-0.15, -0.1) is 0 Å². The smallest absolute Gasteiger partial charge is 0.339 e. The third-order valence-electron chi connectivity index (χ3n) is 10.2. The van der Waals surface area contributed by atoms with Gasteiger partial charge in [-0.1, -0.05) is 60.7 Å². The minimum absolute atomic E-state index is 0.0954. The van der Waals surface area contributed by atoms with E-state index in [0.717, 1.165) is 11.1 Å². The van der Waals surface area contributed by atoms with Crippen LogP contribution >= 0.6 is 0 Å². The summed E-state index contributed by atoms with van der Waals surface area (Å²) in [6.45, 7) is 8.64. The molecule has 4 unspecified atom stereocenters. The van der Waals surface area contributed by atoms with Crippen LogP contribution in [0, 0.1) is 10.8 Å². The van der Waals surface area contributed by atoms with Crippen LogP contribution in [0.1, 0.15) is 102 Å². The first kappa shape index (κ1) is 57.7. The van der Waals surface area contributed by atoms with Gasteiger partial charge in [0.25, 0.3) is 0 Å². The van der Waals surface area contributed by atoms with Crippen molar-refractivity contribution in [2.45, 2.75) is 104 Å². The molecule has 0 radical (unpaired) electrons. The number of esters is 4. The van der Waals surface area contributed by atoms with Gasteiger partial charge in [-0.3, -0.25) is 60.5 Å². The molecule has 67 heavy (non-hydrogen) atoms. The number of guanidine groups is 2. The maximum Gasteiger partial charge on any atom is 0.339 e. The van der Waals surface area contributed by atoms with Crippen LogP contribution in [0.4, 0.5) is 0 Å². The van der Waals surface area contributed by atoms with Gasteiger partial charge in [0, 0.05) is 36.8 Å². The Morgan fingerprint density at radius 2 is 0.910 bits per heavy atom. The Labute approximate surface area is 392 Å². The summed E-state index contributed by atoms with van der Waals surface area (Å²) in [5, 5.41) is 0. The molecule has 376 valence electrons. The zero-order valence-corrected chi connectivity index (χ0v) is 39.5. The number of nitrogens with one attached hydrogen (secondary N) is 2. The maximum absolute atomic E-state index is 12.8. The van der Waals surface area contributed by atoms with Crippen molar-refractivity contribution in [1.82, 2.24) is 0 Å². The Kier molecular flexibility index (Phi) is 25.9. The summed E-state index contributed by atoms with van der Waals surface area (Å²) in [6, 6.07) is 19.4. The van der Waals surface area contributed by atoms with E-state index in [9.17, 15) is 19.2 Å². The van der Waals surface area contributed by atoms with Crippen LogP contribution in [0.15, 0.2) is 60.7 Å². The summed E-state index contributed by atoms with van der Waals surface area (Å²) in [5.74, 6) is -2.43. The molecule has 2 aliphatic rings. The fourth-order valence-electron chi connectivity index (χ4n) is 7.36. The molecule has 0 spiro atoms. The predicted molar refractivity (Wildman–Crippen MR) is 237 cm³/mol. The van der Waals surface area contributed by atoms with Crippen molar-refractivity contribution in [3.63, 3.8) is 0 Å². The Balaban J connectivity index is 0.000000418. The topological polar surface area (TPSA) is 354 Å². The first-order valence-corrected chi connectivity index (χ1v) is 23.4. The van der Waals surface area contributed by atoms with E-state index >= 15 is 0 Å². The van der Waals surface area contributed by atoms with Crippen LogP contribution in [-0.4, -0.2) is 119 Å². The molecule has 0 bridgehead atoms. The van der Waals surface area contributed by atoms with E-state index in [1.807, 2.05) is 60.7 Å². The second kappa shape index (κ2) is 30.1. The Morgan fingerprint density at radius 1 is 0.612 bits per heavy atom. The van der Waals surface area contributed by atoms with Gasteiger partial charge in [0.05, 0.1) is 26.4 Å². The van der Waals surface area contributed by atoms with Crippen molar-refractivity contribution < 1.29 is 84.6 Å². The zero-order chi connectivity index (χ0) is 49.9. The van der Waals surface area contributed by atoms with E-state index in [2.05, 4.69) is 9.98 Å². The third-order valence-corrected chi connectivity index (χ3v) is 10.2. The molecule has 0 aromatic heterocycles. The number of rotatable bonds is 22. The molecule has 10 N–H and O–H groups in total. The first-order chi connectivity index (χ1) is 31.9. The summed E-state index contributed by atoms with van der Waals surface area (Å²) in [7, 11) is -5.17. The number of carbonyl (C=O) groups excluding carboxylic acids is 4. The fourth-order valence-corrected chi connectivity index (χ4v) is 7.36. The lowest BCUT2D eigenvalue weighted by Crippen LogP contribution is -2.79. The molecule has 2 heterocycles. The van der Waals surface area contributed by atoms with E-state index in [-0.39, 0.29) is 76.5 Å². The number of nitrogens with two attached hydrogens (primary N) is 4. The lowest BCUT2D eigenvalue weighted by atomic mass is 9.80. The van der Waals surface area contributed by atoms with Gasteiger partial charge >= 0.3 is 35.8 Å². The van der Waals surface area contributed by atoms with Crippen molar-refractivity contribution in [3.8, 4) is 0 Å². The number of benzene rings is 2. The maximum atomic E-state index is 12.8. The highest BCUT2D eigenvalue weighted by atomic mass is 32.3. The van der Waals surface area contributed by atoms with Gasteiger partial charge in [-0.05, 0) is 90.2 Å². The molecule has 2 saturated heterocycles. The second-order valence-electron chi connectivity index (χ2n) is 15.0. The first-order valence-electron chi connectivity index (χ1n) is 22.1. The molecule has 2 aliphatic heterocycles. The highest BCUT2D eigenvalue weighted by molar-refractivity contribution is 7.79. The summed E-state index contributed by atoms with van der Waals surface area (Å²) in [5.41, 5.74) is 21.4. The predicted octanol–water partition coefficient (Wildman–Crippen LogP) is -1.08. The van der Waals surface area contributed by atoms with Gasteiger partial charge in [-0.2, -0.15) is 0 Å². The highest BCUT2D eigenvalue weighted by Gasteiger charge is 2.59. The molecule has 2 aromatic rings. The van der Waals surface area contributed by atoms with Gasteiger partial charge in [0.15, 0.2) is 12.6 Å². The molecular formula is C44H68N6O16S. The molecule has 0 amide bonds.